The molecule has 5 rings (SSSR count). The van der Waals surface area contributed by atoms with E-state index in [0.29, 0.717) is 50.0 Å². The lowest BCUT2D eigenvalue weighted by Crippen LogP contribution is -2.54. The summed E-state index contributed by atoms with van der Waals surface area (Å²) in [5.41, 5.74) is 1.00. The van der Waals surface area contributed by atoms with E-state index in [1.807, 2.05) is 0 Å². The third-order valence-electron chi connectivity index (χ3n) is 9.05. The Labute approximate surface area is 273 Å². The topological polar surface area (TPSA) is 137 Å². The molecule has 47 heavy (non-hydrogen) atoms. The summed E-state index contributed by atoms with van der Waals surface area (Å²) in [6.45, 7) is 1.33. The Kier molecular flexibility index (Phi) is 11.2. The molecule has 252 valence electrons. The van der Waals surface area contributed by atoms with Crippen molar-refractivity contribution in [3.63, 3.8) is 0 Å². The zero-order chi connectivity index (χ0) is 33.6. The fourth-order valence-electron chi connectivity index (χ4n) is 6.71. The maximum atomic E-state index is 14.1. The highest BCUT2D eigenvalue weighted by Gasteiger charge is 2.40. The second kappa shape index (κ2) is 15.3. The van der Waals surface area contributed by atoms with Crippen molar-refractivity contribution in [2.24, 2.45) is 5.92 Å². The SMILES string of the molecule is COC(=O)N[C@H](C(=O)NC1CC(O)CC1CC[C@H]1CNCCN1S(=O)(=O)c1ccccc1)C(c1ccc(F)cc1)c1ccc(F)cc1. The number of sulfonamides is 1. The highest BCUT2D eigenvalue weighted by atomic mass is 32.2. The number of ether oxygens (including phenoxy) is 1. The highest BCUT2D eigenvalue weighted by molar-refractivity contribution is 7.89. The van der Waals surface area contributed by atoms with E-state index < -0.39 is 57.8 Å². The van der Waals surface area contributed by atoms with Crippen molar-refractivity contribution in [3.05, 3.63) is 102 Å². The zero-order valence-electron chi connectivity index (χ0n) is 26.0. The lowest BCUT2D eigenvalue weighted by atomic mass is 9.84. The Hall–Kier alpha value is -3.91. The van der Waals surface area contributed by atoms with Crippen molar-refractivity contribution >= 4 is 22.0 Å². The first-order valence-corrected chi connectivity index (χ1v) is 17.1. The van der Waals surface area contributed by atoms with Crippen molar-refractivity contribution in [1.82, 2.24) is 20.3 Å². The van der Waals surface area contributed by atoms with E-state index in [1.165, 1.54) is 59.9 Å². The van der Waals surface area contributed by atoms with Crippen LogP contribution in [0.15, 0.2) is 83.8 Å². The molecule has 0 radical (unpaired) electrons. The quantitative estimate of drug-likeness (QED) is 0.245. The zero-order valence-corrected chi connectivity index (χ0v) is 26.8. The number of aliphatic hydroxyl groups is 1. The van der Waals surface area contributed by atoms with Gasteiger partial charge in [0.1, 0.15) is 17.7 Å². The lowest BCUT2D eigenvalue weighted by molar-refractivity contribution is -0.124. The molecule has 2 fully saturated rings. The second-order valence-corrected chi connectivity index (χ2v) is 13.9. The minimum atomic E-state index is -3.72. The van der Waals surface area contributed by atoms with Crippen LogP contribution in [0.4, 0.5) is 13.6 Å². The van der Waals surface area contributed by atoms with Crippen molar-refractivity contribution in [2.45, 2.75) is 60.7 Å². The number of amides is 2. The molecule has 0 spiro atoms. The van der Waals surface area contributed by atoms with Crippen LogP contribution in [0.1, 0.15) is 42.7 Å². The van der Waals surface area contributed by atoms with Gasteiger partial charge in [-0.05, 0) is 79.1 Å². The summed E-state index contributed by atoms with van der Waals surface area (Å²) in [5.74, 6) is -2.55. The highest BCUT2D eigenvalue weighted by Crippen LogP contribution is 2.34. The summed E-state index contributed by atoms with van der Waals surface area (Å²) < 4.78 is 61.1. The van der Waals surface area contributed by atoms with Crippen LogP contribution in [0.3, 0.4) is 0 Å². The number of hydrogen-bond acceptors (Lipinski definition) is 7. The van der Waals surface area contributed by atoms with Crippen molar-refractivity contribution < 1.29 is 36.6 Å². The van der Waals surface area contributed by atoms with Crippen LogP contribution < -0.4 is 16.0 Å². The molecule has 1 saturated carbocycles. The molecule has 3 unspecified atom stereocenters. The molecular formula is C34H40F2N4O6S. The molecule has 1 aliphatic carbocycles. The minimum Gasteiger partial charge on any atom is -0.453 e. The summed E-state index contributed by atoms with van der Waals surface area (Å²) in [6, 6.07) is 17.2. The van der Waals surface area contributed by atoms with Gasteiger partial charge in [-0.3, -0.25) is 4.79 Å². The molecule has 10 nitrogen and oxygen atoms in total. The summed E-state index contributed by atoms with van der Waals surface area (Å²) >= 11 is 0. The van der Waals surface area contributed by atoms with Gasteiger partial charge in [0, 0.05) is 37.6 Å². The summed E-state index contributed by atoms with van der Waals surface area (Å²) in [4.78, 5) is 26.8. The molecule has 0 aromatic heterocycles. The number of benzene rings is 3. The van der Waals surface area contributed by atoms with Gasteiger partial charge >= 0.3 is 6.09 Å². The van der Waals surface area contributed by atoms with E-state index in [2.05, 4.69) is 16.0 Å². The Morgan fingerprint density at radius 2 is 1.57 bits per heavy atom. The van der Waals surface area contributed by atoms with Crippen LogP contribution >= 0.6 is 0 Å². The van der Waals surface area contributed by atoms with Crippen LogP contribution in [0, 0.1) is 17.6 Å². The van der Waals surface area contributed by atoms with Crippen molar-refractivity contribution in [1.29, 1.82) is 0 Å². The Bertz CT molecular complexity index is 1570. The van der Waals surface area contributed by atoms with Gasteiger partial charge in [0.2, 0.25) is 15.9 Å². The number of alkyl carbamates (subject to hydrolysis) is 1. The fourth-order valence-corrected chi connectivity index (χ4v) is 8.38. The Morgan fingerprint density at radius 1 is 0.957 bits per heavy atom. The molecule has 2 amide bonds. The van der Waals surface area contributed by atoms with Gasteiger partial charge in [0.15, 0.2) is 0 Å². The van der Waals surface area contributed by atoms with Crippen LogP contribution in [-0.2, 0) is 19.6 Å². The fraction of sp³-hybridized carbons (Fsp3) is 0.412. The average Bonchev–Trinajstić information content (AvgIpc) is 3.43. The third-order valence-corrected chi connectivity index (χ3v) is 11.0. The smallest absolute Gasteiger partial charge is 0.407 e. The van der Waals surface area contributed by atoms with Gasteiger partial charge in [0.05, 0.1) is 18.1 Å². The number of nitrogens with zero attached hydrogens (tertiary/aromatic N) is 1. The van der Waals surface area contributed by atoms with Gasteiger partial charge in [-0.2, -0.15) is 4.31 Å². The van der Waals surface area contributed by atoms with E-state index in [9.17, 15) is 31.9 Å². The van der Waals surface area contributed by atoms with Gasteiger partial charge < -0.3 is 25.8 Å². The Balaban J connectivity index is 1.36. The number of hydrogen-bond donors (Lipinski definition) is 4. The van der Waals surface area contributed by atoms with Gasteiger partial charge in [-0.25, -0.2) is 22.0 Å². The molecule has 2 aliphatic rings. The predicted molar refractivity (Wildman–Crippen MR) is 171 cm³/mol. The molecule has 3 aromatic carbocycles. The van der Waals surface area contributed by atoms with Gasteiger partial charge in [0.25, 0.3) is 0 Å². The molecule has 4 N–H and O–H groups in total. The first kappa shape index (κ1) is 34.4. The van der Waals surface area contributed by atoms with Gasteiger partial charge in [-0.15, -0.1) is 0 Å². The molecule has 13 heteroatoms. The summed E-state index contributed by atoms with van der Waals surface area (Å²) in [7, 11) is -2.55. The largest absolute Gasteiger partial charge is 0.453 e. The van der Waals surface area contributed by atoms with Crippen molar-refractivity contribution in [2.75, 3.05) is 26.7 Å². The maximum absolute atomic E-state index is 14.1. The van der Waals surface area contributed by atoms with Crippen LogP contribution in [0.2, 0.25) is 0 Å². The first-order chi connectivity index (χ1) is 22.6. The Morgan fingerprint density at radius 3 is 2.17 bits per heavy atom. The number of methoxy groups -OCH3 is 1. The maximum Gasteiger partial charge on any atom is 0.407 e. The second-order valence-electron chi connectivity index (χ2n) is 12.1. The number of aliphatic hydroxyl groups excluding tert-OH is 1. The number of carbonyl (C=O) groups is 2. The van der Waals surface area contributed by atoms with Crippen LogP contribution in [-0.4, -0.2) is 80.8 Å². The summed E-state index contributed by atoms with van der Waals surface area (Å²) in [6.07, 6.45) is 0.158. The first-order valence-electron chi connectivity index (χ1n) is 15.7. The lowest BCUT2D eigenvalue weighted by Gasteiger charge is -2.36. The predicted octanol–water partition coefficient (Wildman–Crippen LogP) is 3.52. The minimum absolute atomic E-state index is 0.175. The number of carbonyl (C=O) groups excluding carboxylic acids is 2. The molecule has 1 heterocycles. The van der Waals surface area contributed by atoms with E-state index in [-0.39, 0.29) is 23.3 Å². The van der Waals surface area contributed by atoms with E-state index in [0.717, 1.165) is 0 Å². The average molecular weight is 671 g/mol. The van der Waals surface area contributed by atoms with E-state index >= 15 is 0 Å². The van der Waals surface area contributed by atoms with Crippen LogP contribution in [0.5, 0.6) is 0 Å². The van der Waals surface area contributed by atoms with E-state index in [4.69, 9.17) is 4.74 Å². The molecule has 1 saturated heterocycles. The normalized spacial score (nSPS) is 22.5. The van der Waals surface area contributed by atoms with Gasteiger partial charge in [-0.1, -0.05) is 42.5 Å². The van der Waals surface area contributed by atoms with E-state index in [1.54, 1.807) is 30.3 Å². The molecule has 0 bridgehead atoms. The number of rotatable bonds is 11. The van der Waals surface area contributed by atoms with Crippen LogP contribution in [0.25, 0.3) is 0 Å². The molecule has 3 aromatic rings. The third kappa shape index (κ3) is 8.33. The number of nitrogens with one attached hydrogen (secondary N) is 3. The molecule has 1 aliphatic heterocycles. The number of halogens is 2. The molecule has 5 atom stereocenters. The number of piperazine rings is 1. The molecular weight excluding hydrogens is 630 g/mol. The summed E-state index contributed by atoms with van der Waals surface area (Å²) in [5, 5.41) is 19.6. The standard InChI is InChI=1S/C34H40F2N4O6S/c1-46-34(43)39-32(31(22-7-12-25(35)13-8-22)23-9-14-26(36)15-10-23)33(42)38-30-20-28(41)19-24(30)11-16-27-21-37-17-18-40(27)47(44,45)29-5-3-2-4-6-29/h2-10,12-15,24,27-28,30-32,37,41H,11,16-21H2,1H3,(H,38,42)(H,39,43)/t24?,27-,28?,30?,32-/m0/s1. The monoisotopic (exact) mass is 670 g/mol. The van der Waals surface area contributed by atoms with Crippen molar-refractivity contribution in [3.8, 4) is 0 Å².